The first-order valence-corrected chi connectivity index (χ1v) is 4.43. The average Bonchev–Trinajstić information content (AvgIpc) is 2.14. The van der Waals surface area contributed by atoms with Gasteiger partial charge in [0.15, 0.2) is 0 Å². The molecule has 0 radical (unpaired) electrons. The van der Waals surface area contributed by atoms with Crippen molar-refractivity contribution in [3.8, 4) is 0 Å². The molecule has 0 aliphatic heterocycles. The Hall–Kier alpha value is -0.930. The summed E-state index contributed by atoms with van der Waals surface area (Å²) < 4.78 is 39.7. The lowest BCUT2D eigenvalue weighted by Crippen LogP contribution is -2.05. The van der Waals surface area contributed by atoms with E-state index in [-0.39, 0.29) is 5.76 Å². The van der Waals surface area contributed by atoms with Crippen LogP contribution in [0.25, 0.3) is 0 Å². The number of rotatable bonds is 3. The van der Waals surface area contributed by atoms with E-state index in [2.05, 4.69) is 4.74 Å². The summed E-state index contributed by atoms with van der Waals surface area (Å²) in [6, 6.07) is 0. The number of hydrogen-bond acceptors (Lipinski definition) is 1. The minimum Gasteiger partial charge on any atom is -0.497 e. The smallest absolute Gasteiger partial charge is 0.392 e. The molecule has 0 unspecified atom stereocenters. The van der Waals surface area contributed by atoms with Crippen molar-refractivity contribution >= 4 is 0 Å². The molecule has 0 amide bonds. The predicted molar refractivity (Wildman–Crippen MR) is 51.9 cm³/mol. The van der Waals surface area contributed by atoms with Crippen LogP contribution in [0, 0.1) is 0 Å². The molecule has 0 bridgehead atoms. The van der Waals surface area contributed by atoms with Gasteiger partial charge in [0.25, 0.3) is 0 Å². The molecule has 0 saturated carbocycles. The van der Waals surface area contributed by atoms with Crippen molar-refractivity contribution < 1.29 is 17.9 Å². The Bertz CT molecular complexity index is 180. The highest BCUT2D eigenvalue weighted by atomic mass is 19.4. The van der Waals surface area contributed by atoms with Crippen molar-refractivity contribution in [1.82, 2.24) is 0 Å². The molecule has 0 N–H and O–H groups in total. The topological polar surface area (TPSA) is 9.23 Å². The molecule has 0 aromatic carbocycles. The third kappa shape index (κ3) is 11.1. The lowest BCUT2D eigenvalue weighted by atomic mass is 10.3. The number of halogens is 3. The molecule has 0 atom stereocenters. The molecule has 84 valence electrons. The molecule has 4 heteroatoms. The third-order valence-corrected chi connectivity index (χ3v) is 1.10. The van der Waals surface area contributed by atoms with Crippen LogP contribution in [0.1, 0.15) is 27.2 Å². The summed E-state index contributed by atoms with van der Waals surface area (Å²) in [6.45, 7) is 5.71. The maximum absolute atomic E-state index is 11.7. The summed E-state index contributed by atoms with van der Waals surface area (Å²) in [6.07, 6.45) is -1.02. The van der Waals surface area contributed by atoms with Gasteiger partial charge >= 0.3 is 6.18 Å². The van der Waals surface area contributed by atoms with Crippen LogP contribution in [-0.4, -0.2) is 13.3 Å². The maximum Gasteiger partial charge on any atom is 0.392 e. The molecule has 14 heavy (non-hydrogen) atoms. The number of methoxy groups -OCH3 is 1. The fraction of sp³-hybridized carbons (Fsp3) is 0.600. The lowest BCUT2D eigenvalue weighted by Gasteiger charge is -2.03. The Labute approximate surface area is 83.3 Å². The van der Waals surface area contributed by atoms with Crippen molar-refractivity contribution in [2.75, 3.05) is 7.11 Å². The van der Waals surface area contributed by atoms with E-state index >= 15 is 0 Å². The number of allylic oxidation sites excluding steroid dienone is 3. The van der Waals surface area contributed by atoms with Crippen LogP contribution in [0.2, 0.25) is 0 Å². The van der Waals surface area contributed by atoms with Gasteiger partial charge in [-0.15, -0.1) is 0 Å². The monoisotopic (exact) mass is 210 g/mol. The van der Waals surface area contributed by atoms with E-state index < -0.39 is 12.6 Å². The van der Waals surface area contributed by atoms with Gasteiger partial charge in [-0.2, -0.15) is 13.2 Å². The molecule has 0 saturated heterocycles. The van der Waals surface area contributed by atoms with Gasteiger partial charge in [-0.3, -0.25) is 0 Å². The van der Waals surface area contributed by atoms with Crippen LogP contribution in [0.3, 0.4) is 0 Å². The zero-order valence-electron chi connectivity index (χ0n) is 8.98. The Balaban J connectivity index is 0. The fourth-order valence-corrected chi connectivity index (χ4v) is 0.600. The predicted octanol–water partition coefficient (Wildman–Crippen LogP) is 4.07. The van der Waals surface area contributed by atoms with Gasteiger partial charge in [-0.1, -0.05) is 19.9 Å². The quantitative estimate of drug-likeness (QED) is 0.504. The summed E-state index contributed by atoms with van der Waals surface area (Å²) in [4.78, 5) is 0. The van der Waals surface area contributed by atoms with Crippen molar-refractivity contribution in [1.29, 1.82) is 0 Å². The summed E-state index contributed by atoms with van der Waals surface area (Å²) in [7, 11) is 1.34. The zero-order chi connectivity index (χ0) is 11.6. The first kappa shape index (κ1) is 15.5. The zero-order valence-corrected chi connectivity index (χ0v) is 8.98. The molecule has 0 aromatic rings. The highest BCUT2D eigenvalue weighted by Crippen LogP contribution is 2.20. The lowest BCUT2D eigenvalue weighted by molar-refractivity contribution is -0.125. The second-order valence-corrected chi connectivity index (χ2v) is 2.13. The molecular formula is C10H17F3O. The van der Waals surface area contributed by atoms with E-state index in [4.69, 9.17) is 0 Å². The molecule has 0 aliphatic rings. The largest absolute Gasteiger partial charge is 0.497 e. The average molecular weight is 210 g/mol. The Morgan fingerprint density at radius 2 is 1.79 bits per heavy atom. The van der Waals surface area contributed by atoms with E-state index in [0.717, 1.165) is 6.08 Å². The standard InChI is InChI=1S/C8H11F3O.C2H6/c1-3-4-7(12-2)5-6-8(9,10)11;1-2/h3-5H,6H2,1-2H3;1-2H3/b4-3-,7-5+;. The highest BCUT2D eigenvalue weighted by molar-refractivity contribution is 5.11. The van der Waals surface area contributed by atoms with E-state index in [1.54, 1.807) is 13.0 Å². The van der Waals surface area contributed by atoms with Crippen LogP contribution in [-0.2, 0) is 4.74 Å². The van der Waals surface area contributed by atoms with Gasteiger partial charge in [0.05, 0.1) is 13.5 Å². The third-order valence-electron chi connectivity index (χ3n) is 1.10. The molecule has 1 nitrogen and oxygen atoms in total. The van der Waals surface area contributed by atoms with E-state index in [0.29, 0.717) is 0 Å². The van der Waals surface area contributed by atoms with Crippen LogP contribution >= 0.6 is 0 Å². The minimum atomic E-state index is -4.16. The minimum absolute atomic E-state index is 0.231. The van der Waals surface area contributed by atoms with Crippen molar-refractivity contribution in [3.05, 3.63) is 24.0 Å². The van der Waals surface area contributed by atoms with E-state index in [1.807, 2.05) is 13.8 Å². The van der Waals surface area contributed by atoms with Gasteiger partial charge in [-0.05, 0) is 19.1 Å². The van der Waals surface area contributed by atoms with Crippen molar-refractivity contribution in [2.45, 2.75) is 33.4 Å². The van der Waals surface area contributed by atoms with Gasteiger partial charge in [0.1, 0.15) is 5.76 Å². The second kappa shape index (κ2) is 8.66. The Kier molecular flexibility index (Phi) is 9.61. The Morgan fingerprint density at radius 3 is 2.07 bits per heavy atom. The highest BCUT2D eigenvalue weighted by Gasteiger charge is 2.25. The van der Waals surface area contributed by atoms with Crippen LogP contribution in [0.5, 0.6) is 0 Å². The van der Waals surface area contributed by atoms with Gasteiger partial charge in [-0.25, -0.2) is 0 Å². The van der Waals surface area contributed by atoms with Gasteiger partial charge < -0.3 is 4.74 Å². The molecule has 0 fully saturated rings. The van der Waals surface area contributed by atoms with Crippen molar-refractivity contribution in [3.63, 3.8) is 0 Å². The maximum atomic E-state index is 11.7. The van der Waals surface area contributed by atoms with E-state index in [1.165, 1.54) is 13.2 Å². The molecule has 0 aromatic heterocycles. The Morgan fingerprint density at radius 1 is 1.29 bits per heavy atom. The number of alkyl halides is 3. The van der Waals surface area contributed by atoms with Crippen molar-refractivity contribution in [2.24, 2.45) is 0 Å². The van der Waals surface area contributed by atoms with Crippen LogP contribution in [0.15, 0.2) is 24.0 Å². The molecule has 0 rings (SSSR count). The SMILES string of the molecule is C/C=C\C(=C/CC(F)(F)F)OC.CC. The number of ether oxygens (including phenoxy) is 1. The fourth-order valence-electron chi connectivity index (χ4n) is 0.600. The second-order valence-electron chi connectivity index (χ2n) is 2.13. The summed E-state index contributed by atoms with van der Waals surface area (Å²) >= 11 is 0. The summed E-state index contributed by atoms with van der Waals surface area (Å²) in [5.74, 6) is 0.231. The van der Waals surface area contributed by atoms with E-state index in [9.17, 15) is 13.2 Å². The number of hydrogen-bond donors (Lipinski definition) is 0. The van der Waals surface area contributed by atoms with Gasteiger partial charge in [0.2, 0.25) is 0 Å². The summed E-state index contributed by atoms with van der Waals surface area (Å²) in [5, 5.41) is 0. The molecule has 0 aliphatic carbocycles. The first-order valence-electron chi connectivity index (χ1n) is 4.43. The molecule has 0 spiro atoms. The van der Waals surface area contributed by atoms with Crippen LogP contribution < -0.4 is 0 Å². The normalized spacial score (nSPS) is 12.4. The van der Waals surface area contributed by atoms with Gasteiger partial charge in [0, 0.05) is 0 Å². The van der Waals surface area contributed by atoms with Crippen LogP contribution in [0.4, 0.5) is 13.2 Å². The molecular weight excluding hydrogens is 193 g/mol. The first-order chi connectivity index (χ1) is 6.49. The molecule has 0 heterocycles. The summed E-state index contributed by atoms with van der Waals surface area (Å²) in [5.41, 5.74) is 0.